The fourth-order valence-electron chi connectivity index (χ4n) is 2.50. The van der Waals surface area contributed by atoms with E-state index in [-0.39, 0.29) is 5.75 Å². The van der Waals surface area contributed by atoms with Gasteiger partial charge in [-0.05, 0) is 18.9 Å². The lowest BCUT2D eigenvalue weighted by atomic mass is 10.1. The summed E-state index contributed by atoms with van der Waals surface area (Å²) in [5, 5.41) is 17.1. The van der Waals surface area contributed by atoms with Gasteiger partial charge in [0.2, 0.25) is 5.13 Å². The van der Waals surface area contributed by atoms with Gasteiger partial charge >= 0.3 is 5.97 Å². The molecule has 1 aliphatic carbocycles. The lowest BCUT2D eigenvalue weighted by Gasteiger charge is -2.03. The molecule has 1 fully saturated rings. The molecule has 2 aromatic heterocycles. The first-order valence-corrected chi connectivity index (χ1v) is 8.45. The van der Waals surface area contributed by atoms with Gasteiger partial charge in [-0.2, -0.15) is 9.78 Å². The fourth-order valence-corrected chi connectivity index (χ4v) is 3.89. The van der Waals surface area contributed by atoms with Gasteiger partial charge < -0.3 is 5.11 Å². The first-order valence-electron chi connectivity index (χ1n) is 6.58. The van der Waals surface area contributed by atoms with E-state index in [2.05, 4.69) is 10.1 Å². The summed E-state index contributed by atoms with van der Waals surface area (Å²) in [6.45, 7) is 0. The molecule has 106 valence electrons. The van der Waals surface area contributed by atoms with Crippen LogP contribution in [0, 0.1) is 0 Å². The van der Waals surface area contributed by atoms with Crippen molar-refractivity contribution >= 4 is 29.1 Å². The molecule has 3 rings (SSSR count). The molecule has 0 radical (unpaired) electrons. The summed E-state index contributed by atoms with van der Waals surface area (Å²) in [6, 6.07) is 2.03. The lowest BCUT2D eigenvalue weighted by molar-refractivity contribution is -0.133. The third-order valence-electron chi connectivity index (χ3n) is 3.41. The van der Waals surface area contributed by atoms with Gasteiger partial charge in [0.1, 0.15) is 5.03 Å². The number of carboxylic acid groups (broad SMARTS) is 1. The quantitative estimate of drug-likeness (QED) is 0.859. The van der Waals surface area contributed by atoms with Gasteiger partial charge in [-0.25, -0.2) is 4.98 Å². The van der Waals surface area contributed by atoms with Crippen LogP contribution < -0.4 is 0 Å². The van der Waals surface area contributed by atoms with Crippen molar-refractivity contribution in [3.63, 3.8) is 0 Å². The number of carbonyl (C=O) groups is 1. The molecule has 0 amide bonds. The molecule has 1 saturated carbocycles. The fraction of sp³-hybridized carbons (Fsp3) is 0.462. The van der Waals surface area contributed by atoms with Gasteiger partial charge in [-0.15, -0.1) is 11.3 Å². The van der Waals surface area contributed by atoms with Gasteiger partial charge in [0.05, 0.1) is 11.4 Å². The Kier molecular flexibility index (Phi) is 4.07. The largest absolute Gasteiger partial charge is 0.481 e. The number of carboxylic acids is 1. The normalized spacial score (nSPS) is 15.8. The van der Waals surface area contributed by atoms with Crippen molar-refractivity contribution in [2.45, 2.75) is 36.6 Å². The van der Waals surface area contributed by atoms with Gasteiger partial charge in [0, 0.05) is 17.5 Å². The molecule has 0 saturated heterocycles. The SMILES string of the molecule is O=C(O)CSc1cc(C2CCCC2)nn1-c1nccs1. The Labute approximate surface area is 125 Å². The zero-order chi connectivity index (χ0) is 13.9. The van der Waals surface area contributed by atoms with Crippen molar-refractivity contribution in [2.24, 2.45) is 0 Å². The highest BCUT2D eigenvalue weighted by Crippen LogP contribution is 2.36. The van der Waals surface area contributed by atoms with Gasteiger partial charge in [0.25, 0.3) is 0 Å². The molecule has 0 unspecified atom stereocenters. The van der Waals surface area contributed by atoms with E-state index < -0.39 is 5.97 Å². The highest BCUT2D eigenvalue weighted by atomic mass is 32.2. The smallest absolute Gasteiger partial charge is 0.313 e. The van der Waals surface area contributed by atoms with Crippen LogP contribution in [0.2, 0.25) is 0 Å². The lowest BCUT2D eigenvalue weighted by Crippen LogP contribution is -2.02. The van der Waals surface area contributed by atoms with Crippen molar-refractivity contribution in [1.82, 2.24) is 14.8 Å². The number of thiazole rings is 1. The molecule has 7 heteroatoms. The van der Waals surface area contributed by atoms with Gasteiger partial charge in [0.15, 0.2) is 0 Å². The molecular formula is C13H15N3O2S2. The molecule has 2 heterocycles. The van der Waals surface area contributed by atoms with Crippen LogP contribution in [0.3, 0.4) is 0 Å². The summed E-state index contributed by atoms with van der Waals surface area (Å²) in [4.78, 5) is 15.0. The highest BCUT2D eigenvalue weighted by molar-refractivity contribution is 7.99. The summed E-state index contributed by atoms with van der Waals surface area (Å²) in [6.07, 6.45) is 6.61. The van der Waals surface area contributed by atoms with Crippen LogP contribution in [0.1, 0.15) is 37.3 Å². The summed E-state index contributed by atoms with van der Waals surface area (Å²) in [5.74, 6) is -0.258. The Morgan fingerprint density at radius 1 is 1.50 bits per heavy atom. The van der Waals surface area contributed by atoms with E-state index in [1.54, 1.807) is 10.9 Å². The third kappa shape index (κ3) is 2.88. The number of hydrogen-bond donors (Lipinski definition) is 1. The molecule has 0 atom stereocenters. The van der Waals surface area contributed by atoms with Crippen LogP contribution in [0.25, 0.3) is 5.13 Å². The number of aliphatic carboxylic acids is 1. The second-order valence-corrected chi connectivity index (χ2v) is 6.67. The summed E-state index contributed by atoms with van der Waals surface area (Å²) in [7, 11) is 0. The minimum atomic E-state index is -0.815. The standard InChI is InChI=1S/C13H15N3O2S2/c17-12(18)8-20-11-7-10(9-3-1-2-4-9)15-16(11)13-14-5-6-19-13/h5-7,9H,1-4,8H2,(H,17,18). The van der Waals surface area contributed by atoms with E-state index >= 15 is 0 Å². The Morgan fingerprint density at radius 3 is 2.95 bits per heavy atom. The topological polar surface area (TPSA) is 68.0 Å². The monoisotopic (exact) mass is 309 g/mol. The van der Waals surface area contributed by atoms with Crippen molar-refractivity contribution in [1.29, 1.82) is 0 Å². The maximum Gasteiger partial charge on any atom is 0.313 e. The molecule has 1 aliphatic rings. The molecule has 20 heavy (non-hydrogen) atoms. The molecule has 5 nitrogen and oxygen atoms in total. The number of nitrogens with zero attached hydrogens (tertiary/aromatic N) is 3. The first-order chi connectivity index (χ1) is 9.74. The number of aromatic nitrogens is 3. The van der Waals surface area contributed by atoms with E-state index in [0.717, 1.165) is 15.9 Å². The zero-order valence-electron chi connectivity index (χ0n) is 10.9. The van der Waals surface area contributed by atoms with E-state index in [0.29, 0.717) is 5.92 Å². The Balaban J connectivity index is 1.90. The maximum atomic E-state index is 10.8. The first kappa shape index (κ1) is 13.6. The molecule has 0 aliphatic heterocycles. The van der Waals surface area contributed by atoms with Crippen molar-refractivity contribution in [3.8, 4) is 5.13 Å². The van der Waals surface area contributed by atoms with E-state index in [9.17, 15) is 4.79 Å². The predicted molar refractivity (Wildman–Crippen MR) is 78.8 cm³/mol. The van der Waals surface area contributed by atoms with Crippen LogP contribution in [0.5, 0.6) is 0 Å². The van der Waals surface area contributed by atoms with E-state index in [1.807, 2.05) is 11.4 Å². The second-order valence-electron chi connectivity index (χ2n) is 4.80. The van der Waals surface area contributed by atoms with Crippen LogP contribution in [-0.4, -0.2) is 31.6 Å². The maximum absolute atomic E-state index is 10.8. The van der Waals surface area contributed by atoms with Gasteiger partial charge in [-0.3, -0.25) is 4.79 Å². The van der Waals surface area contributed by atoms with Crippen LogP contribution in [-0.2, 0) is 4.79 Å². The van der Waals surface area contributed by atoms with Crippen molar-refractivity contribution in [3.05, 3.63) is 23.3 Å². The minimum absolute atomic E-state index is 0.0428. The molecule has 0 spiro atoms. The molecular weight excluding hydrogens is 294 g/mol. The Morgan fingerprint density at radius 2 is 2.30 bits per heavy atom. The van der Waals surface area contributed by atoms with E-state index in [1.165, 1.54) is 48.8 Å². The molecule has 1 N–H and O–H groups in total. The van der Waals surface area contributed by atoms with Crippen LogP contribution in [0.15, 0.2) is 22.7 Å². The number of thioether (sulfide) groups is 1. The average Bonchev–Trinajstić information content (AvgIpc) is 3.15. The van der Waals surface area contributed by atoms with Crippen molar-refractivity contribution in [2.75, 3.05) is 5.75 Å². The zero-order valence-corrected chi connectivity index (χ0v) is 12.5. The molecule has 0 bridgehead atoms. The predicted octanol–water partition coefficient (Wildman–Crippen LogP) is 3.16. The van der Waals surface area contributed by atoms with Crippen LogP contribution >= 0.6 is 23.1 Å². The number of hydrogen-bond acceptors (Lipinski definition) is 5. The van der Waals surface area contributed by atoms with Gasteiger partial charge in [-0.1, -0.05) is 24.6 Å². The molecule has 2 aromatic rings. The third-order valence-corrected chi connectivity index (χ3v) is 5.14. The second kappa shape index (κ2) is 5.97. The Hall–Kier alpha value is -1.34. The Bertz CT molecular complexity index is 589. The summed E-state index contributed by atoms with van der Waals surface area (Å²) < 4.78 is 1.78. The van der Waals surface area contributed by atoms with Crippen LogP contribution in [0.4, 0.5) is 0 Å². The average molecular weight is 309 g/mol. The van der Waals surface area contributed by atoms with Crippen molar-refractivity contribution < 1.29 is 9.90 Å². The summed E-state index contributed by atoms with van der Waals surface area (Å²) >= 11 is 2.81. The minimum Gasteiger partial charge on any atom is -0.481 e. The summed E-state index contributed by atoms with van der Waals surface area (Å²) in [5.41, 5.74) is 1.07. The molecule has 0 aromatic carbocycles. The number of rotatable bonds is 5. The van der Waals surface area contributed by atoms with E-state index in [4.69, 9.17) is 5.11 Å². The highest BCUT2D eigenvalue weighted by Gasteiger charge is 2.22.